The lowest BCUT2D eigenvalue weighted by molar-refractivity contribution is -0.256. The molecule has 1 fully saturated rings. The topological polar surface area (TPSA) is 21.7 Å². The molecule has 1 aliphatic heterocycles. The fraction of sp³-hybridized carbons (Fsp3) is 0.533. The van der Waals surface area contributed by atoms with Crippen molar-refractivity contribution in [2.24, 2.45) is 0 Å². The first-order chi connectivity index (χ1) is 9.79. The summed E-state index contributed by atoms with van der Waals surface area (Å²) in [6.45, 7) is 3.56. The third-order valence-electron chi connectivity index (χ3n) is 3.08. The normalized spacial score (nSPS) is 18.8. The van der Waals surface area contributed by atoms with Gasteiger partial charge < -0.3 is 4.74 Å². The van der Waals surface area contributed by atoms with Crippen molar-refractivity contribution in [3.8, 4) is 0 Å². The van der Waals surface area contributed by atoms with E-state index in [0.29, 0.717) is 0 Å². The van der Waals surface area contributed by atoms with Crippen molar-refractivity contribution in [1.82, 2.24) is 5.06 Å². The van der Waals surface area contributed by atoms with E-state index >= 15 is 0 Å². The monoisotopic (exact) mass is 311 g/mol. The van der Waals surface area contributed by atoms with Crippen LogP contribution in [-0.2, 0) is 15.3 Å². The number of ether oxygens (including phenoxy) is 1. The minimum absolute atomic E-state index is 0.140. The Hall–Kier alpha value is -0.620. The predicted molar refractivity (Wildman–Crippen MR) is 87.4 cm³/mol. The lowest BCUT2D eigenvalue weighted by Gasteiger charge is -2.29. The fourth-order valence-electron chi connectivity index (χ4n) is 1.97. The Morgan fingerprint density at radius 2 is 2.20 bits per heavy atom. The van der Waals surface area contributed by atoms with Crippen LogP contribution in [0, 0.1) is 0 Å². The van der Waals surface area contributed by atoms with Gasteiger partial charge in [0.05, 0.1) is 0 Å². The molecule has 0 N–H and O–H groups in total. The maximum absolute atomic E-state index is 5.84. The molecule has 1 unspecified atom stereocenters. The van der Waals surface area contributed by atoms with Gasteiger partial charge in [0.15, 0.2) is 10.6 Å². The van der Waals surface area contributed by atoms with Crippen molar-refractivity contribution in [2.75, 3.05) is 13.2 Å². The summed E-state index contributed by atoms with van der Waals surface area (Å²) in [5.41, 5.74) is 1.27. The zero-order valence-corrected chi connectivity index (χ0v) is 13.4. The highest BCUT2D eigenvalue weighted by molar-refractivity contribution is 8.22. The van der Waals surface area contributed by atoms with Gasteiger partial charge in [-0.25, -0.2) is 9.90 Å². The molecule has 3 nitrogen and oxygen atoms in total. The first-order valence-corrected chi connectivity index (χ1v) is 8.45. The molecule has 110 valence electrons. The molecular weight excluding hydrogens is 290 g/mol. The lowest BCUT2D eigenvalue weighted by Crippen LogP contribution is -2.35. The van der Waals surface area contributed by atoms with Crippen LogP contribution < -0.4 is 0 Å². The molecule has 1 aromatic carbocycles. The van der Waals surface area contributed by atoms with E-state index in [9.17, 15) is 0 Å². The highest BCUT2D eigenvalue weighted by Gasteiger charge is 2.19. The Morgan fingerprint density at radius 3 is 2.85 bits per heavy atom. The average Bonchev–Trinajstić information content (AvgIpc) is 2.52. The van der Waals surface area contributed by atoms with Crippen molar-refractivity contribution >= 4 is 28.3 Å². The number of rotatable bonds is 5. The van der Waals surface area contributed by atoms with Crippen LogP contribution in [0.3, 0.4) is 0 Å². The zero-order chi connectivity index (χ0) is 14.2. The van der Waals surface area contributed by atoms with Gasteiger partial charge in [0, 0.05) is 25.3 Å². The van der Waals surface area contributed by atoms with Crippen LogP contribution >= 0.6 is 24.0 Å². The van der Waals surface area contributed by atoms with Crippen molar-refractivity contribution < 1.29 is 9.57 Å². The highest BCUT2D eigenvalue weighted by Crippen LogP contribution is 2.20. The Kier molecular flexibility index (Phi) is 6.79. The van der Waals surface area contributed by atoms with Gasteiger partial charge in [0.1, 0.15) is 0 Å². The van der Waals surface area contributed by atoms with Crippen molar-refractivity contribution in [1.29, 1.82) is 0 Å². The summed E-state index contributed by atoms with van der Waals surface area (Å²) < 4.78 is 6.36. The summed E-state index contributed by atoms with van der Waals surface area (Å²) in [6, 6.07) is 10.3. The predicted octanol–water partition coefficient (Wildman–Crippen LogP) is 3.98. The molecule has 2 rings (SSSR count). The second-order valence-electron chi connectivity index (χ2n) is 4.64. The number of thiocarbonyl (C=S) groups is 1. The SMILES string of the molecule is CCN(OC1CCCCO1)C(=S)SCc1ccccc1. The number of thioether (sulfide) groups is 1. The van der Waals surface area contributed by atoms with E-state index in [1.54, 1.807) is 16.8 Å². The molecule has 0 radical (unpaired) electrons. The summed E-state index contributed by atoms with van der Waals surface area (Å²) in [5.74, 6) is 0.866. The smallest absolute Gasteiger partial charge is 0.183 e. The average molecular weight is 311 g/mol. The summed E-state index contributed by atoms with van der Waals surface area (Å²) in [4.78, 5) is 5.84. The van der Waals surface area contributed by atoms with E-state index in [4.69, 9.17) is 21.8 Å². The Balaban J connectivity index is 1.79. The van der Waals surface area contributed by atoms with E-state index in [1.165, 1.54) is 5.56 Å². The van der Waals surface area contributed by atoms with E-state index < -0.39 is 0 Å². The zero-order valence-electron chi connectivity index (χ0n) is 11.8. The van der Waals surface area contributed by atoms with Gasteiger partial charge in [0.25, 0.3) is 0 Å². The van der Waals surface area contributed by atoms with Crippen molar-refractivity contribution in [3.63, 3.8) is 0 Å². The number of nitrogens with zero attached hydrogens (tertiary/aromatic N) is 1. The van der Waals surface area contributed by atoms with Crippen LogP contribution in [0.4, 0.5) is 0 Å². The van der Waals surface area contributed by atoms with E-state index in [-0.39, 0.29) is 6.29 Å². The quantitative estimate of drug-likeness (QED) is 0.604. The molecule has 5 heteroatoms. The van der Waals surface area contributed by atoms with Gasteiger partial charge >= 0.3 is 0 Å². The van der Waals surface area contributed by atoms with E-state index in [0.717, 1.165) is 42.5 Å². The van der Waals surface area contributed by atoms with Gasteiger partial charge in [0.2, 0.25) is 0 Å². The molecule has 0 aliphatic carbocycles. The third kappa shape index (κ3) is 5.05. The van der Waals surface area contributed by atoms with Crippen LogP contribution in [0.1, 0.15) is 31.7 Å². The second-order valence-corrected chi connectivity index (χ2v) is 6.25. The Labute approximate surface area is 130 Å². The van der Waals surface area contributed by atoms with Crippen molar-refractivity contribution in [2.45, 2.75) is 38.2 Å². The molecule has 1 heterocycles. The molecule has 0 aromatic heterocycles. The molecule has 0 amide bonds. The summed E-state index contributed by atoms with van der Waals surface area (Å²) in [7, 11) is 0. The first-order valence-electron chi connectivity index (χ1n) is 7.06. The molecule has 0 bridgehead atoms. The highest BCUT2D eigenvalue weighted by atomic mass is 32.2. The number of hydrogen-bond donors (Lipinski definition) is 0. The van der Waals surface area contributed by atoms with Crippen LogP contribution in [0.5, 0.6) is 0 Å². The minimum atomic E-state index is -0.140. The number of benzene rings is 1. The number of hydrogen-bond acceptors (Lipinski definition) is 4. The van der Waals surface area contributed by atoms with Crippen LogP contribution in [0.2, 0.25) is 0 Å². The number of hydroxylamine groups is 2. The molecule has 1 aromatic rings. The van der Waals surface area contributed by atoms with E-state index in [1.807, 2.05) is 25.1 Å². The molecule has 0 saturated carbocycles. The van der Waals surface area contributed by atoms with Gasteiger partial charge in [-0.15, -0.1) is 0 Å². The van der Waals surface area contributed by atoms with Crippen LogP contribution in [0.25, 0.3) is 0 Å². The third-order valence-corrected chi connectivity index (χ3v) is 4.56. The molecule has 1 aliphatic rings. The van der Waals surface area contributed by atoms with E-state index in [2.05, 4.69) is 12.1 Å². The van der Waals surface area contributed by atoms with Gasteiger partial charge in [-0.2, -0.15) is 0 Å². The molecule has 0 spiro atoms. The molecule has 20 heavy (non-hydrogen) atoms. The van der Waals surface area contributed by atoms with Crippen LogP contribution in [0.15, 0.2) is 30.3 Å². The fourth-order valence-corrected chi connectivity index (χ4v) is 3.12. The molecule has 1 saturated heterocycles. The molecular formula is C15H21NO2S2. The summed E-state index contributed by atoms with van der Waals surface area (Å²) in [5, 5.41) is 1.78. The van der Waals surface area contributed by atoms with Crippen LogP contribution in [-0.4, -0.2) is 28.8 Å². The largest absolute Gasteiger partial charge is 0.350 e. The van der Waals surface area contributed by atoms with Crippen molar-refractivity contribution in [3.05, 3.63) is 35.9 Å². The standard InChI is InChI=1S/C15H21NO2S2/c1-2-16(18-14-10-6-7-11-17-14)15(19)20-12-13-8-4-3-5-9-13/h3-5,8-9,14H,2,6-7,10-12H2,1H3. The first kappa shape index (κ1) is 15.8. The summed E-state index contributed by atoms with van der Waals surface area (Å²) in [6.07, 6.45) is 3.09. The van der Waals surface area contributed by atoms with Gasteiger partial charge in [-0.05, 0) is 25.3 Å². The lowest BCUT2D eigenvalue weighted by atomic mass is 10.2. The van der Waals surface area contributed by atoms with Gasteiger partial charge in [-0.1, -0.05) is 54.3 Å². The Morgan fingerprint density at radius 1 is 1.40 bits per heavy atom. The summed E-state index contributed by atoms with van der Waals surface area (Å²) >= 11 is 7.08. The Bertz CT molecular complexity index is 408. The minimum Gasteiger partial charge on any atom is -0.350 e. The maximum Gasteiger partial charge on any atom is 0.183 e. The molecule has 1 atom stereocenters. The maximum atomic E-state index is 5.84. The second kappa shape index (κ2) is 8.62. The van der Waals surface area contributed by atoms with Gasteiger partial charge in [-0.3, -0.25) is 0 Å².